The number of rotatable bonds is 24. The van der Waals surface area contributed by atoms with E-state index in [1.165, 1.54) is 0 Å². The smallest absolute Gasteiger partial charge is 0.338 e. The predicted molar refractivity (Wildman–Crippen MR) is 240 cm³/mol. The molecule has 3 aromatic carbocycles. The summed E-state index contributed by atoms with van der Waals surface area (Å²) in [5.41, 5.74) is 22.4. The van der Waals surface area contributed by atoms with Crippen LogP contribution in [-0.2, 0) is 14.2 Å². The van der Waals surface area contributed by atoms with E-state index in [-0.39, 0.29) is 51.9 Å². The zero-order chi connectivity index (χ0) is 43.6. The van der Waals surface area contributed by atoms with Crippen LogP contribution in [0.15, 0.2) is 54.6 Å². The van der Waals surface area contributed by atoms with Gasteiger partial charge in [0.25, 0.3) is 0 Å². The molecule has 1 aromatic heterocycles. The van der Waals surface area contributed by atoms with E-state index in [9.17, 15) is 14.4 Å². The average molecular weight is 823 g/mol. The molecule has 1 heterocycles. The third-order valence-corrected chi connectivity index (χ3v) is 11.2. The van der Waals surface area contributed by atoms with Gasteiger partial charge in [-0.25, -0.2) is 29.3 Å². The monoisotopic (exact) mass is 823 g/mol. The largest absolute Gasteiger partial charge is 0.462 e. The van der Waals surface area contributed by atoms with Gasteiger partial charge in [0.15, 0.2) is 17.5 Å². The van der Waals surface area contributed by atoms with Gasteiger partial charge < -0.3 is 31.4 Å². The lowest BCUT2D eigenvalue weighted by molar-refractivity contribution is 0.0419. The molecule has 0 spiro atoms. The van der Waals surface area contributed by atoms with Gasteiger partial charge in [-0.3, -0.25) is 0 Å². The van der Waals surface area contributed by atoms with Crippen molar-refractivity contribution in [3.05, 3.63) is 71.3 Å². The lowest BCUT2D eigenvalue weighted by atomic mass is 10.0. The quantitative estimate of drug-likeness (QED) is 0.0344. The summed E-state index contributed by atoms with van der Waals surface area (Å²) in [6.45, 7) is 13.6. The van der Waals surface area contributed by atoms with Crippen molar-refractivity contribution in [1.82, 2.24) is 15.0 Å². The van der Waals surface area contributed by atoms with Crippen molar-refractivity contribution in [2.75, 3.05) is 37.0 Å². The Morgan fingerprint density at radius 1 is 0.467 bits per heavy atom. The highest BCUT2D eigenvalue weighted by molar-refractivity contribution is 5.95. The van der Waals surface area contributed by atoms with Crippen molar-refractivity contribution in [2.24, 2.45) is 17.8 Å². The van der Waals surface area contributed by atoms with Crippen LogP contribution in [0.5, 0.6) is 0 Å². The number of nitrogen functional groups attached to an aromatic ring is 3. The van der Waals surface area contributed by atoms with Crippen molar-refractivity contribution >= 4 is 35.0 Å². The van der Waals surface area contributed by atoms with Crippen LogP contribution >= 0.6 is 0 Å². The third kappa shape index (κ3) is 13.2. The Labute approximate surface area is 356 Å². The molecule has 60 heavy (non-hydrogen) atoms. The van der Waals surface area contributed by atoms with Gasteiger partial charge in [-0.05, 0) is 91.6 Å². The highest BCUT2D eigenvalue weighted by atomic mass is 16.5. The van der Waals surface area contributed by atoms with E-state index in [2.05, 4.69) is 41.5 Å². The highest BCUT2D eigenvalue weighted by Crippen LogP contribution is 2.34. The minimum atomic E-state index is -0.494. The van der Waals surface area contributed by atoms with Crippen molar-refractivity contribution in [3.63, 3.8) is 0 Å². The maximum Gasteiger partial charge on any atom is 0.338 e. The highest BCUT2D eigenvalue weighted by Gasteiger charge is 2.22. The van der Waals surface area contributed by atoms with Crippen LogP contribution in [0.1, 0.15) is 150 Å². The van der Waals surface area contributed by atoms with Crippen molar-refractivity contribution in [3.8, 4) is 34.2 Å². The summed E-state index contributed by atoms with van der Waals surface area (Å²) in [4.78, 5) is 54.6. The SMILES string of the molecule is CCCCC(CC)COC(=O)c1ccc(N)c(-c2nc(-c3cc(C(=O)OCC(CC)CCCC)ccc3N)nc(-c3cc(C(=O)OCC(CC)CCCC)ccc3N)n2)c1. The predicted octanol–water partition coefficient (Wildman–Crippen LogP) is 10.7. The molecule has 0 amide bonds. The lowest BCUT2D eigenvalue weighted by Gasteiger charge is -2.16. The summed E-state index contributed by atoms with van der Waals surface area (Å²) in [6.07, 6.45) is 12.0. The Balaban J connectivity index is 1.80. The van der Waals surface area contributed by atoms with Gasteiger partial charge in [0.05, 0.1) is 36.5 Å². The van der Waals surface area contributed by atoms with Gasteiger partial charge in [0.2, 0.25) is 0 Å². The number of nitrogens with zero attached hydrogens (tertiary/aromatic N) is 3. The van der Waals surface area contributed by atoms with E-state index in [1.807, 2.05) is 0 Å². The number of nitrogens with two attached hydrogens (primary N) is 3. The second-order valence-corrected chi connectivity index (χ2v) is 15.8. The van der Waals surface area contributed by atoms with E-state index in [0.717, 1.165) is 77.0 Å². The Bertz CT molecular complexity index is 1800. The fourth-order valence-corrected chi connectivity index (χ4v) is 6.89. The number of anilines is 3. The van der Waals surface area contributed by atoms with Gasteiger partial charge >= 0.3 is 17.9 Å². The summed E-state index contributed by atoms with van der Waals surface area (Å²) in [7, 11) is 0. The van der Waals surface area contributed by atoms with Crippen LogP contribution < -0.4 is 17.2 Å². The second-order valence-electron chi connectivity index (χ2n) is 15.8. The van der Waals surface area contributed by atoms with Gasteiger partial charge in [-0.15, -0.1) is 0 Å². The third-order valence-electron chi connectivity index (χ3n) is 11.2. The van der Waals surface area contributed by atoms with Crippen molar-refractivity contribution in [2.45, 2.75) is 119 Å². The molecular formula is C48H66N6O6. The van der Waals surface area contributed by atoms with E-state index >= 15 is 0 Å². The molecule has 324 valence electrons. The molecule has 12 nitrogen and oxygen atoms in total. The summed E-state index contributed by atoms with van der Waals surface area (Å²) < 4.78 is 17.3. The van der Waals surface area contributed by atoms with E-state index < -0.39 is 17.9 Å². The Kier molecular flexibility index (Phi) is 18.8. The van der Waals surface area contributed by atoms with E-state index in [0.29, 0.717) is 53.6 Å². The van der Waals surface area contributed by atoms with E-state index in [1.54, 1.807) is 54.6 Å². The summed E-state index contributed by atoms with van der Waals surface area (Å²) in [6, 6.07) is 14.4. The van der Waals surface area contributed by atoms with Gasteiger partial charge in [0.1, 0.15) is 0 Å². The topological polar surface area (TPSA) is 196 Å². The molecule has 0 aliphatic carbocycles. The summed E-state index contributed by atoms with van der Waals surface area (Å²) in [5, 5.41) is 0. The van der Waals surface area contributed by atoms with Crippen LogP contribution in [0.3, 0.4) is 0 Å². The molecule has 0 saturated heterocycles. The number of unbranched alkanes of at least 4 members (excludes halogenated alkanes) is 3. The molecular weight excluding hydrogens is 757 g/mol. The number of carbonyl (C=O) groups excluding carboxylic acids is 3. The number of carbonyl (C=O) groups is 3. The molecule has 6 N–H and O–H groups in total. The van der Waals surface area contributed by atoms with E-state index in [4.69, 9.17) is 46.4 Å². The normalized spacial score (nSPS) is 12.7. The maximum atomic E-state index is 13.4. The fourth-order valence-electron chi connectivity index (χ4n) is 6.89. The summed E-state index contributed by atoms with van der Waals surface area (Å²) in [5.74, 6) is -0.368. The van der Waals surface area contributed by atoms with Crippen LogP contribution in [0.4, 0.5) is 17.1 Å². The fraction of sp³-hybridized carbons (Fsp3) is 0.500. The first kappa shape index (κ1) is 47.2. The minimum absolute atomic E-state index is 0.111. The Morgan fingerprint density at radius 3 is 0.967 bits per heavy atom. The zero-order valence-electron chi connectivity index (χ0n) is 36.6. The first-order valence-corrected chi connectivity index (χ1v) is 21.9. The molecule has 0 fully saturated rings. The van der Waals surface area contributed by atoms with Crippen LogP contribution in [0, 0.1) is 17.8 Å². The number of ether oxygens (including phenoxy) is 3. The molecule has 0 saturated carbocycles. The minimum Gasteiger partial charge on any atom is -0.462 e. The van der Waals surface area contributed by atoms with Crippen molar-refractivity contribution < 1.29 is 28.6 Å². The van der Waals surface area contributed by atoms with Gasteiger partial charge in [-0.1, -0.05) is 99.3 Å². The number of hydrogen-bond donors (Lipinski definition) is 3. The molecule has 0 aliphatic heterocycles. The maximum absolute atomic E-state index is 13.4. The molecule has 0 aliphatic rings. The van der Waals surface area contributed by atoms with Crippen LogP contribution in [-0.4, -0.2) is 52.7 Å². The number of esters is 3. The van der Waals surface area contributed by atoms with Gasteiger partial charge in [0, 0.05) is 33.8 Å². The molecule has 4 rings (SSSR count). The van der Waals surface area contributed by atoms with Gasteiger partial charge in [-0.2, -0.15) is 0 Å². The molecule has 0 radical (unpaired) electrons. The standard InChI is InChI=1S/C48H66N6O6/c1-7-13-16-31(10-4)28-58-46(55)34-19-22-40(49)37(25-34)43-52-44(38-26-35(20-23-41(38)50)47(56)59-29-32(11-5)17-14-8-2)54-45(53-43)39-27-36(21-24-42(39)51)48(57)60-30-33(12-6)18-15-9-3/h19-27,31-33H,7-18,28-30,49-51H2,1-6H3. The number of hydrogen-bond acceptors (Lipinski definition) is 12. The zero-order valence-corrected chi connectivity index (χ0v) is 36.6. The number of benzene rings is 3. The molecule has 12 heteroatoms. The Hall–Kier alpha value is -5.52. The van der Waals surface area contributed by atoms with Crippen molar-refractivity contribution in [1.29, 1.82) is 0 Å². The molecule has 3 atom stereocenters. The van der Waals surface area contributed by atoms with Crippen LogP contribution in [0.2, 0.25) is 0 Å². The first-order valence-electron chi connectivity index (χ1n) is 21.9. The molecule has 4 aromatic rings. The second kappa shape index (κ2) is 23.9. The molecule has 0 bridgehead atoms. The summed E-state index contributed by atoms with van der Waals surface area (Å²) >= 11 is 0. The lowest BCUT2D eigenvalue weighted by Crippen LogP contribution is -2.15. The first-order chi connectivity index (χ1) is 29.0. The van der Waals surface area contributed by atoms with Crippen LogP contribution in [0.25, 0.3) is 34.2 Å². The Morgan fingerprint density at radius 2 is 0.733 bits per heavy atom. The number of aromatic nitrogens is 3. The average Bonchev–Trinajstić information content (AvgIpc) is 3.26. The molecule has 3 unspecified atom stereocenters.